The van der Waals surface area contributed by atoms with Crippen molar-refractivity contribution in [3.05, 3.63) is 0 Å². The van der Waals surface area contributed by atoms with Crippen LogP contribution in [-0.4, -0.2) is 73.7 Å². The Morgan fingerprint density at radius 3 is 2.52 bits per heavy atom. The van der Waals surface area contributed by atoms with E-state index in [0.29, 0.717) is 0 Å². The van der Waals surface area contributed by atoms with Crippen LogP contribution in [0.25, 0.3) is 0 Å². The van der Waals surface area contributed by atoms with E-state index in [2.05, 4.69) is 48.1 Å². The lowest BCUT2D eigenvalue weighted by atomic mass is 9.99. The molecular weight excluding hydrogens is 310 g/mol. The molecule has 0 bridgehead atoms. The highest BCUT2D eigenvalue weighted by Crippen LogP contribution is 2.21. The molecule has 2 N–H and O–H groups in total. The largest absolute Gasteiger partial charge is 0.357 e. The van der Waals surface area contributed by atoms with Crippen LogP contribution in [0.4, 0.5) is 0 Å². The molecule has 2 aliphatic heterocycles. The van der Waals surface area contributed by atoms with E-state index in [1.165, 1.54) is 64.8 Å². The van der Waals surface area contributed by atoms with Crippen molar-refractivity contribution in [1.29, 1.82) is 0 Å². The van der Waals surface area contributed by atoms with Crippen LogP contribution in [0.5, 0.6) is 0 Å². The second-order valence-corrected chi connectivity index (χ2v) is 8.39. The van der Waals surface area contributed by atoms with Crippen molar-refractivity contribution in [2.75, 3.05) is 52.4 Å². The summed E-state index contributed by atoms with van der Waals surface area (Å²) in [5.41, 5.74) is 0.147. The molecule has 2 heterocycles. The molecule has 1 unspecified atom stereocenters. The van der Waals surface area contributed by atoms with Gasteiger partial charge in [0, 0.05) is 25.2 Å². The van der Waals surface area contributed by atoms with E-state index in [-0.39, 0.29) is 5.54 Å². The molecular formula is C20H41N5. The number of hydrogen-bond acceptors (Lipinski definition) is 3. The standard InChI is InChI=1S/C20H41N5/c1-5-11-24-14-10-18(16-24)15-22-19(21-6-2)23-17-20(3,4)25-12-8-7-9-13-25/h18H,5-17H2,1-4H3,(H2,21,22,23). The topological polar surface area (TPSA) is 42.9 Å². The number of hydrogen-bond donors (Lipinski definition) is 2. The molecule has 0 saturated carbocycles. The second-order valence-electron chi connectivity index (χ2n) is 8.39. The number of piperidine rings is 1. The average Bonchev–Trinajstić information content (AvgIpc) is 3.06. The number of rotatable bonds is 8. The van der Waals surface area contributed by atoms with Gasteiger partial charge < -0.3 is 15.5 Å². The zero-order valence-electron chi connectivity index (χ0n) is 17.1. The minimum Gasteiger partial charge on any atom is -0.357 e. The molecule has 1 atom stereocenters. The van der Waals surface area contributed by atoms with Crippen LogP contribution >= 0.6 is 0 Å². The first-order chi connectivity index (χ1) is 12.0. The van der Waals surface area contributed by atoms with Crippen LogP contribution in [-0.2, 0) is 0 Å². The fourth-order valence-electron chi connectivity index (χ4n) is 4.05. The molecule has 0 aliphatic carbocycles. The molecule has 0 spiro atoms. The Bertz CT molecular complexity index is 401. The Hall–Kier alpha value is -0.810. The van der Waals surface area contributed by atoms with Gasteiger partial charge in [-0.2, -0.15) is 0 Å². The maximum Gasteiger partial charge on any atom is 0.191 e. The van der Waals surface area contributed by atoms with Crippen LogP contribution in [0.1, 0.15) is 59.8 Å². The SMILES string of the molecule is CCCN1CCC(CNC(=NCC(C)(C)N2CCCCC2)NCC)C1. The van der Waals surface area contributed by atoms with E-state index in [4.69, 9.17) is 4.99 Å². The van der Waals surface area contributed by atoms with Gasteiger partial charge in [-0.05, 0) is 78.6 Å². The molecule has 2 fully saturated rings. The summed E-state index contributed by atoms with van der Waals surface area (Å²) in [6.07, 6.45) is 6.63. The number of likely N-dealkylation sites (tertiary alicyclic amines) is 2. The Morgan fingerprint density at radius 2 is 1.84 bits per heavy atom. The number of nitrogens with zero attached hydrogens (tertiary/aromatic N) is 3. The maximum absolute atomic E-state index is 4.92. The maximum atomic E-state index is 4.92. The summed E-state index contributed by atoms with van der Waals surface area (Å²) in [5, 5.41) is 7.02. The fraction of sp³-hybridized carbons (Fsp3) is 0.950. The summed E-state index contributed by atoms with van der Waals surface area (Å²) in [7, 11) is 0. The molecule has 25 heavy (non-hydrogen) atoms. The molecule has 5 nitrogen and oxygen atoms in total. The lowest BCUT2D eigenvalue weighted by molar-refractivity contribution is 0.102. The highest BCUT2D eigenvalue weighted by Gasteiger charge is 2.28. The number of nitrogens with one attached hydrogen (secondary N) is 2. The predicted molar refractivity (Wildman–Crippen MR) is 108 cm³/mol. The molecule has 146 valence electrons. The minimum atomic E-state index is 0.147. The summed E-state index contributed by atoms with van der Waals surface area (Å²) in [4.78, 5) is 10.1. The van der Waals surface area contributed by atoms with Crippen LogP contribution < -0.4 is 10.6 Å². The quantitative estimate of drug-likeness (QED) is 0.521. The number of aliphatic imine (C=N–C) groups is 1. The summed E-state index contributed by atoms with van der Waals surface area (Å²) in [5.74, 6) is 1.74. The van der Waals surface area contributed by atoms with Gasteiger partial charge in [-0.3, -0.25) is 9.89 Å². The van der Waals surface area contributed by atoms with Gasteiger partial charge in [0.25, 0.3) is 0 Å². The van der Waals surface area contributed by atoms with Gasteiger partial charge in [-0.1, -0.05) is 13.3 Å². The summed E-state index contributed by atoms with van der Waals surface area (Å²) < 4.78 is 0. The van der Waals surface area contributed by atoms with Crippen LogP contribution in [0.15, 0.2) is 4.99 Å². The van der Waals surface area contributed by atoms with E-state index >= 15 is 0 Å². The molecule has 0 radical (unpaired) electrons. The fourth-order valence-corrected chi connectivity index (χ4v) is 4.05. The van der Waals surface area contributed by atoms with Crippen LogP contribution in [0.2, 0.25) is 0 Å². The molecule has 0 amide bonds. The van der Waals surface area contributed by atoms with Crippen molar-refractivity contribution in [3.8, 4) is 0 Å². The third-order valence-corrected chi connectivity index (χ3v) is 5.65. The third kappa shape index (κ3) is 6.78. The van der Waals surface area contributed by atoms with E-state index < -0.39 is 0 Å². The highest BCUT2D eigenvalue weighted by molar-refractivity contribution is 5.79. The van der Waals surface area contributed by atoms with E-state index in [9.17, 15) is 0 Å². The molecule has 0 aromatic heterocycles. The Kier molecular flexibility index (Phi) is 8.50. The first-order valence-electron chi connectivity index (χ1n) is 10.5. The smallest absolute Gasteiger partial charge is 0.191 e. The zero-order chi connectivity index (χ0) is 18.1. The van der Waals surface area contributed by atoms with Crippen molar-refractivity contribution in [1.82, 2.24) is 20.4 Å². The first-order valence-corrected chi connectivity index (χ1v) is 10.5. The number of guanidine groups is 1. The normalized spacial score (nSPS) is 23.8. The molecule has 2 aliphatic rings. The van der Waals surface area contributed by atoms with Gasteiger partial charge in [-0.25, -0.2) is 0 Å². The molecule has 2 saturated heterocycles. The predicted octanol–water partition coefficient (Wildman–Crippen LogP) is 2.54. The molecule has 5 heteroatoms. The van der Waals surface area contributed by atoms with Gasteiger partial charge in [0.1, 0.15) is 0 Å². The van der Waals surface area contributed by atoms with Crippen molar-refractivity contribution in [3.63, 3.8) is 0 Å². The Morgan fingerprint density at radius 1 is 1.08 bits per heavy atom. The van der Waals surface area contributed by atoms with Gasteiger partial charge in [0.2, 0.25) is 0 Å². The van der Waals surface area contributed by atoms with Crippen LogP contribution in [0.3, 0.4) is 0 Å². The molecule has 2 rings (SSSR count). The summed E-state index contributed by atoms with van der Waals surface area (Å²) in [6.45, 7) is 18.1. The van der Waals surface area contributed by atoms with Crippen molar-refractivity contribution < 1.29 is 0 Å². The first kappa shape index (κ1) is 20.5. The lowest BCUT2D eigenvalue weighted by Gasteiger charge is -2.40. The van der Waals surface area contributed by atoms with Crippen molar-refractivity contribution in [2.45, 2.75) is 65.3 Å². The summed E-state index contributed by atoms with van der Waals surface area (Å²) >= 11 is 0. The van der Waals surface area contributed by atoms with Crippen LogP contribution in [0, 0.1) is 5.92 Å². The average molecular weight is 352 g/mol. The highest BCUT2D eigenvalue weighted by atomic mass is 15.2. The van der Waals surface area contributed by atoms with E-state index in [1.54, 1.807) is 0 Å². The lowest BCUT2D eigenvalue weighted by Crippen LogP contribution is -2.49. The Labute approximate surface area is 155 Å². The van der Waals surface area contributed by atoms with Crippen molar-refractivity contribution in [2.24, 2.45) is 10.9 Å². The van der Waals surface area contributed by atoms with E-state index in [0.717, 1.165) is 31.5 Å². The minimum absolute atomic E-state index is 0.147. The summed E-state index contributed by atoms with van der Waals surface area (Å²) in [6, 6.07) is 0. The monoisotopic (exact) mass is 351 g/mol. The zero-order valence-corrected chi connectivity index (χ0v) is 17.1. The van der Waals surface area contributed by atoms with Gasteiger partial charge in [0.05, 0.1) is 6.54 Å². The molecule has 0 aromatic rings. The van der Waals surface area contributed by atoms with Gasteiger partial charge in [0.15, 0.2) is 5.96 Å². The van der Waals surface area contributed by atoms with Gasteiger partial charge >= 0.3 is 0 Å². The van der Waals surface area contributed by atoms with Crippen molar-refractivity contribution >= 4 is 5.96 Å². The Balaban J connectivity index is 1.81. The van der Waals surface area contributed by atoms with Gasteiger partial charge in [-0.15, -0.1) is 0 Å². The molecule has 0 aromatic carbocycles. The third-order valence-electron chi connectivity index (χ3n) is 5.65. The second kappa shape index (κ2) is 10.4. The van der Waals surface area contributed by atoms with E-state index in [1.807, 2.05) is 0 Å².